The van der Waals surface area contributed by atoms with Crippen molar-refractivity contribution in [3.8, 4) is 5.75 Å². The molecule has 0 heterocycles. The summed E-state index contributed by atoms with van der Waals surface area (Å²) in [6, 6.07) is 14.9. The summed E-state index contributed by atoms with van der Waals surface area (Å²) in [5.74, 6) is 0.0672. The summed E-state index contributed by atoms with van der Waals surface area (Å²) in [5, 5.41) is 0. The lowest BCUT2D eigenvalue weighted by molar-refractivity contribution is -0.124. The van der Waals surface area contributed by atoms with Crippen LogP contribution in [-0.2, 0) is 10.3 Å². The number of hydrogen-bond donors (Lipinski definition) is 2. The molecule has 0 aromatic heterocycles. The Morgan fingerprint density at radius 1 is 1.10 bits per heavy atom. The predicted molar refractivity (Wildman–Crippen MR) is 82.9 cm³/mol. The summed E-state index contributed by atoms with van der Waals surface area (Å²) in [4.78, 5) is 11.8. The standard InChI is InChI=1S/C17H20N2O2/c1-12-8-13(2)10-15(9-12)21-11-17(19,16(18)20)14-6-4-3-5-7-14/h3-10H,11,19H2,1-2H3,(H2,18,20). The molecule has 2 rings (SSSR count). The molecular formula is C17H20N2O2. The number of carbonyl (C=O) groups excluding carboxylic acids is 1. The fourth-order valence-corrected chi connectivity index (χ4v) is 2.25. The number of benzene rings is 2. The van der Waals surface area contributed by atoms with Crippen LogP contribution in [0, 0.1) is 13.8 Å². The molecule has 0 aliphatic carbocycles. The van der Waals surface area contributed by atoms with E-state index < -0.39 is 11.4 Å². The highest BCUT2D eigenvalue weighted by Crippen LogP contribution is 2.22. The van der Waals surface area contributed by atoms with Gasteiger partial charge in [0, 0.05) is 0 Å². The maximum atomic E-state index is 11.8. The van der Waals surface area contributed by atoms with Gasteiger partial charge in [-0.25, -0.2) is 0 Å². The lowest BCUT2D eigenvalue weighted by Crippen LogP contribution is -2.53. The van der Waals surface area contributed by atoms with Crippen molar-refractivity contribution in [2.45, 2.75) is 19.4 Å². The van der Waals surface area contributed by atoms with Crippen molar-refractivity contribution < 1.29 is 9.53 Å². The summed E-state index contributed by atoms with van der Waals surface area (Å²) in [6.45, 7) is 3.97. The Labute approximate surface area is 124 Å². The van der Waals surface area contributed by atoms with Gasteiger partial charge >= 0.3 is 0 Å². The molecule has 1 amide bonds. The van der Waals surface area contributed by atoms with Gasteiger partial charge in [0.25, 0.3) is 0 Å². The lowest BCUT2D eigenvalue weighted by Gasteiger charge is -2.26. The molecule has 0 aliphatic heterocycles. The van der Waals surface area contributed by atoms with Crippen molar-refractivity contribution in [1.82, 2.24) is 0 Å². The van der Waals surface area contributed by atoms with Crippen LogP contribution >= 0.6 is 0 Å². The van der Waals surface area contributed by atoms with Crippen molar-refractivity contribution >= 4 is 5.91 Å². The van der Waals surface area contributed by atoms with E-state index in [1.807, 2.05) is 50.2 Å². The van der Waals surface area contributed by atoms with E-state index in [4.69, 9.17) is 16.2 Å². The quantitative estimate of drug-likeness (QED) is 0.881. The van der Waals surface area contributed by atoms with Gasteiger partial charge in [0.2, 0.25) is 5.91 Å². The molecule has 1 unspecified atom stereocenters. The number of primary amides is 1. The minimum atomic E-state index is -1.35. The number of nitrogens with two attached hydrogens (primary N) is 2. The largest absolute Gasteiger partial charge is 0.491 e. The minimum Gasteiger partial charge on any atom is -0.491 e. The highest BCUT2D eigenvalue weighted by atomic mass is 16.5. The van der Waals surface area contributed by atoms with Gasteiger partial charge in [-0.3, -0.25) is 4.79 Å². The Kier molecular flexibility index (Phi) is 4.29. The van der Waals surface area contributed by atoms with Crippen LogP contribution in [0.1, 0.15) is 16.7 Å². The molecule has 0 aliphatic rings. The van der Waals surface area contributed by atoms with Crippen LogP contribution in [-0.4, -0.2) is 12.5 Å². The van der Waals surface area contributed by atoms with E-state index in [0.29, 0.717) is 11.3 Å². The molecule has 4 nitrogen and oxygen atoms in total. The van der Waals surface area contributed by atoms with Crippen LogP contribution in [0.4, 0.5) is 0 Å². The van der Waals surface area contributed by atoms with Crippen molar-refractivity contribution in [1.29, 1.82) is 0 Å². The normalized spacial score (nSPS) is 13.5. The van der Waals surface area contributed by atoms with E-state index in [9.17, 15) is 4.79 Å². The number of aryl methyl sites for hydroxylation is 2. The molecule has 0 saturated heterocycles. The maximum Gasteiger partial charge on any atom is 0.245 e. The van der Waals surface area contributed by atoms with Crippen LogP contribution in [0.5, 0.6) is 5.75 Å². The fourth-order valence-electron chi connectivity index (χ4n) is 2.25. The molecule has 21 heavy (non-hydrogen) atoms. The molecule has 4 N–H and O–H groups in total. The third-order valence-corrected chi connectivity index (χ3v) is 3.39. The highest BCUT2D eigenvalue weighted by molar-refractivity contribution is 5.86. The zero-order valence-corrected chi connectivity index (χ0v) is 12.3. The number of ether oxygens (including phenoxy) is 1. The Morgan fingerprint density at radius 3 is 2.19 bits per heavy atom. The van der Waals surface area contributed by atoms with Crippen molar-refractivity contribution in [3.05, 3.63) is 65.2 Å². The molecular weight excluding hydrogens is 264 g/mol. The minimum absolute atomic E-state index is 0.00472. The summed E-state index contributed by atoms with van der Waals surface area (Å²) in [5.41, 5.74) is 13.1. The Morgan fingerprint density at radius 2 is 1.67 bits per heavy atom. The zero-order valence-electron chi connectivity index (χ0n) is 12.3. The van der Waals surface area contributed by atoms with E-state index in [-0.39, 0.29) is 6.61 Å². The van der Waals surface area contributed by atoms with Crippen molar-refractivity contribution in [2.24, 2.45) is 11.5 Å². The Hall–Kier alpha value is -2.33. The first-order valence-electron chi connectivity index (χ1n) is 6.77. The van der Waals surface area contributed by atoms with E-state index in [1.165, 1.54) is 0 Å². The van der Waals surface area contributed by atoms with Crippen LogP contribution in [0.25, 0.3) is 0 Å². The van der Waals surface area contributed by atoms with Crippen LogP contribution in [0.2, 0.25) is 0 Å². The summed E-state index contributed by atoms with van der Waals surface area (Å²) >= 11 is 0. The first kappa shape index (κ1) is 15.1. The maximum absolute atomic E-state index is 11.8. The SMILES string of the molecule is Cc1cc(C)cc(OCC(N)(C(N)=O)c2ccccc2)c1. The molecule has 0 radical (unpaired) electrons. The van der Waals surface area contributed by atoms with Crippen LogP contribution in [0.15, 0.2) is 48.5 Å². The molecule has 4 heteroatoms. The Balaban J connectivity index is 2.23. The Bertz CT molecular complexity index is 620. The fraction of sp³-hybridized carbons (Fsp3) is 0.235. The summed E-state index contributed by atoms with van der Waals surface area (Å²) < 4.78 is 5.72. The van der Waals surface area contributed by atoms with E-state index in [2.05, 4.69) is 0 Å². The summed E-state index contributed by atoms with van der Waals surface area (Å²) in [6.07, 6.45) is 0. The molecule has 110 valence electrons. The van der Waals surface area contributed by atoms with Crippen LogP contribution in [0.3, 0.4) is 0 Å². The lowest BCUT2D eigenvalue weighted by atomic mass is 9.91. The monoisotopic (exact) mass is 284 g/mol. The average molecular weight is 284 g/mol. The first-order chi connectivity index (χ1) is 9.91. The van der Waals surface area contributed by atoms with Gasteiger partial charge in [-0.1, -0.05) is 36.4 Å². The molecule has 0 bridgehead atoms. The van der Waals surface area contributed by atoms with Gasteiger partial charge in [-0.05, 0) is 42.7 Å². The van der Waals surface area contributed by atoms with Gasteiger partial charge in [-0.15, -0.1) is 0 Å². The van der Waals surface area contributed by atoms with E-state index in [1.54, 1.807) is 12.1 Å². The predicted octanol–water partition coefficient (Wildman–Crippen LogP) is 2.02. The number of carbonyl (C=O) groups is 1. The third-order valence-electron chi connectivity index (χ3n) is 3.39. The number of hydrogen-bond acceptors (Lipinski definition) is 3. The molecule has 0 spiro atoms. The molecule has 0 fully saturated rings. The second-order valence-corrected chi connectivity index (χ2v) is 5.31. The van der Waals surface area contributed by atoms with Gasteiger partial charge in [0.1, 0.15) is 12.4 Å². The van der Waals surface area contributed by atoms with Crippen molar-refractivity contribution in [3.63, 3.8) is 0 Å². The molecule has 1 atom stereocenters. The topological polar surface area (TPSA) is 78.3 Å². The van der Waals surface area contributed by atoms with Gasteiger partial charge < -0.3 is 16.2 Å². The van der Waals surface area contributed by atoms with Gasteiger partial charge in [0.15, 0.2) is 5.54 Å². The second kappa shape index (κ2) is 5.97. The smallest absolute Gasteiger partial charge is 0.245 e. The number of rotatable bonds is 5. The average Bonchev–Trinajstić information content (AvgIpc) is 2.44. The zero-order chi connectivity index (χ0) is 15.5. The van der Waals surface area contributed by atoms with E-state index >= 15 is 0 Å². The molecule has 0 saturated carbocycles. The molecule has 2 aromatic rings. The third kappa shape index (κ3) is 3.41. The molecule has 2 aromatic carbocycles. The van der Waals surface area contributed by atoms with Gasteiger partial charge in [0.05, 0.1) is 0 Å². The number of amides is 1. The highest BCUT2D eigenvalue weighted by Gasteiger charge is 2.35. The first-order valence-corrected chi connectivity index (χ1v) is 6.77. The van der Waals surface area contributed by atoms with E-state index in [0.717, 1.165) is 11.1 Å². The van der Waals surface area contributed by atoms with Crippen molar-refractivity contribution in [2.75, 3.05) is 6.61 Å². The van der Waals surface area contributed by atoms with Crippen LogP contribution < -0.4 is 16.2 Å². The van der Waals surface area contributed by atoms with Gasteiger partial charge in [-0.2, -0.15) is 0 Å². The summed E-state index contributed by atoms with van der Waals surface area (Å²) in [7, 11) is 0. The second-order valence-electron chi connectivity index (χ2n) is 5.31.